The second-order valence-electron chi connectivity index (χ2n) is 3.39. The lowest BCUT2D eigenvalue weighted by Gasteiger charge is -2.29. The summed E-state index contributed by atoms with van der Waals surface area (Å²) in [5, 5.41) is 10.2. The molecule has 0 N–H and O–H groups in total. The van der Waals surface area contributed by atoms with Crippen molar-refractivity contribution in [2.45, 2.75) is 5.37 Å². The molecule has 1 aliphatic heterocycles. The highest BCUT2D eigenvalue weighted by molar-refractivity contribution is 7.99. The van der Waals surface area contributed by atoms with Gasteiger partial charge in [-0.15, -0.1) is 0 Å². The quantitative estimate of drug-likeness (QED) is 0.568. The van der Waals surface area contributed by atoms with Crippen LogP contribution in [0.15, 0.2) is 30.3 Å². The molecule has 1 aromatic rings. The summed E-state index contributed by atoms with van der Waals surface area (Å²) in [5.74, 6) is 0.820. The predicted octanol–water partition coefficient (Wildman–Crippen LogP) is 1.84. The zero-order valence-corrected chi connectivity index (χ0v) is 9.02. The molecule has 1 fully saturated rings. The summed E-state index contributed by atoms with van der Waals surface area (Å²) >= 11 is 1.43. The van der Waals surface area contributed by atoms with Gasteiger partial charge in [-0.3, -0.25) is 10.1 Å². The minimum Gasteiger partial charge on any atom is -0.363 e. The van der Waals surface area contributed by atoms with Gasteiger partial charge in [0.05, 0.1) is 6.54 Å². The van der Waals surface area contributed by atoms with Crippen LogP contribution < -0.4 is 4.90 Å². The van der Waals surface area contributed by atoms with Crippen LogP contribution in [0.4, 0.5) is 5.69 Å². The average molecular weight is 224 g/mol. The van der Waals surface area contributed by atoms with E-state index in [2.05, 4.69) is 4.90 Å². The highest BCUT2D eigenvalue weighted by Crippen LogP contribution is 2.23. The van der Waals surface area contributed by atoms with Crippen LogP contribution in [0.3, 0.4) is 0 Å². The maximum atomic E-state index is 10.7. The van der Waals surface area contributed by atoms with Crippen LogP contribution in [0.1, 0.15) is 0 Å². The predicted molar refractivity (Wildman–Crippen MR) is 61.9 cm³/mol. The van der Waals surface area contributed by atoms with E-state index in [-0.39, 0.29) is 4.92 Å². The Morgan fingerprint density at radius 1 is 1.40 bits per heavy atom. The minimum atomic E-state index is -0.487. The molecule has 1 aromatic carbocycles. The molecule has 0 amide bonds. The third-order valence-corrected chi connectivity index (χ3v) is 3.53. The maximum Gasteiger partial charge on any atom is 0.275 e. The van der Waals surface area contributed by atoms with Crippen molar-refractivity contribution in [2.24, 2.45) is 0 Å². The van der Waals surface area contributed by atoms with Gasteiger partial charge >= 0.3 is 0 Å². The van der Waals surface area contributed by atoms with E-state index in [1.807, 2.05) is 30.3 Å². The Morgan fingerprint density at radius 2 is 2.13 bits per heavy atom. The summed E-state index contributed by atoms with van der Waals surface area (Å²) in [7, 11) is 0. The standard InChI is InChI=1S/C10H12N2O2S/c13-12(14)10-8-11(6-7-15-10)9-4-2-1-3-5-9/h1-5,10H,6-8H2. The van der Waals surface area contributed by atoms with Gasteiger partial charge in [0.1, 0.15) is 0 Å². The largest absolute Gasteiger partial charge is 0.363 e. The number of thioether (sulfide) groups is 1. The van der Waals surface area contributed by atoms with Crippen molar-refractivity contribution in [3.8, 4) is 0 Å². The van der Waals surface area contributed by atoms with Gasteiger partial charge in [0.15, 0.2) is 0 Å². The van der Waals surface area contributed by atoms with Crippen molar-refractivity contribution >= 4 is 17.4 Å². The van der Waals surface area contributed by atoms with E-state index in [1.165, 1.54) is 11.8 Å². The molecule has 0 saturated carbocycles. The van der Waals surface area contributed by atoms with Gasteiger partial charge in [-0.25, -0.2) is 0 Å². The molecule has 0 aliphatic carbocycles. The number of para-hydroxylation sites is 1. The van der Waals surface area contributed by atoms with Crippen LogP contribution >= 0.6 is 11.8 Å². The average Bonchev–Trinajstić information content (AvgIpc) is 2.30. The summed E-state index contributed by atoms with van der Waals surface area (Å²) in [6.45, 7) is 1.39. The van der Waals surface area contributed by atoms with E-state index in [0.717, 1.165) is 18.0 Å². The van der Waals surface area contributed by atoms with Crippen LogP contribution in [0, 0.1) is 10.1 Å². The van der Waals surface area contributed by atoms with Gasteiger partial charge in [-0.2, -0.15) is 0 Å². The Labute approximate surface area is 92.4 Å². The fraction of sp³-hybridized carbons (Fsp3) is 0.400. The summed E-state index contributed by atoms with van der Waals surface area (Å²) in [4.78, 5) is 12.6. The maximum absolute atomic E-state index is 10.7. The molecule has 1 unspecified atom stereocenters. The summed E-state index contributed by atoms with van der Waals surface area (Å²) in [6, 6.07) is 9.85. The van der Waals surface area contributed by atoms with Gasteiger partial charge in [-0.1, -0.05) is 30.0 Å². The van der Waals surface area contributed by atoms with Crippen molar-refractivity contribution in [2.75, 3.05) is 23.7 Å². The molecule has 1 atom stereocenters. The molecule has 2 rings (SSSR count). The first-order valence-electron chi connectivity index (χ1n) is 4.82. The number of benzene rings is 1. The lowest BCUT2D eigenvalue weighted by molar-refractivity contribution is -0.492. The van der Waals surface area contributed by atoms with Crippen LogP contribution in [-0.4, -0.2) is 29.1 Å². The first-order valence-corrected chi connectivity index (χ1v) is 5.87. The van der Waals surface area contributed by atoms with Crippen LogP contribution in [0.5, 0.6) is 0 Å². The second kappa shape index (κ2) is 4.53. The van der Waals surface area contributed by atoms with Gasteiger partial charge in [0.2, 0.25) is 0 Å². The number of nitrogens with zero attached hydrogens (tertiary/aromatic N) is 2. The molecule has 0 radical (unpaired) electrons. The van der Waals surface area contributed by atoms with Crippen molar-refractivity contribution in [3.05, 3.63) is 40.4 Å². The lowest BCUT2D eigenvalue weighted by Crippen LogP contribution is -2.41. The molecular formula is C10H12N2O2S. The molecule has 0 spiro atoms. The van der Waals surface area contributed by atoms with Crippen molar-refractivity contribution in [1.82, 2.24) is 0 Å². The van der Waals surface area contributed by atoms with E-state index < -0.39 is 5.37 Å². The van der Waals surface area contributed by atoms with E-state index in [0.29, 0.717) is 6.54 Å². The molecule has 0 aromatic heterocycles. The normalized spacial score (nSPS) is 21.3. The topological polar surface area (TPSA) is 46.4 Å². The highest BCUT2D eigenvalue weighted by Gasteiger charge is 2.28. The van der Waals surface area contributed by atoms with E-state index >= 15 is 0 Å². The molecule has 80 valence electrons. The fourth-order valence-electron chi connectivity index (χ4n) is 1.63. The Kier molecular flexibility index (Phi) is 3.11. The monoisotopic (exact) mass is 224 g/mol. The van der Waals surface area contributed by atoms with Crippen LogP contribution in [0.25, 0.3) is 0 Å². The second-order valence-corrected chi connectivity index (χ2v) is 4.68. The van der Waals surface area contributed by atoms with Crippen molar-refractivity contribution in [1.29, 1.82) is 0 Å². The first-order chi connectivity index (χ1) is 7.27. The highest BCUT2D eigenvalue weighted by atomic mass is 32.2. The Balaban J connectivity index is 2.08. The minimum absolute atomic E-state index is 0.195. The summed E-state index contributed by atoms with van der Waals surface area (Å²) in [5.41, 5.74) is 1.07. The Morgan fingerprint density at radius 3 is 2.80 bits per heavy atom. The van der Waals surface area contributed by atoms with E-state index in [1.54, 1.807) is 0 Å². The first kappa shape index (κ1) is 10.3. The number of nitro groups is 1. The number of anilines is 1. The van der Waals surface area contributed by atoms with Gasteiger partial charge in [0, 0.05) is 22.9 Å². The SMILES string of the molecule is O=[N+]([O-])C1CN(c2ccccc2)CCS1. The van der Waals surface area contributed by atoms with Gasteiger partial charge in [-0.05, 0) is 12.1 Å². The van der Waals surface area contributed by atoms with E-state index in [4.69, 9.17) is 0 Å². The zero-order valence-electron chi connectivity index (χ0n) is 8.20. The molecule has 1 heterocycles. The van der Waals surface area contributed by atoms with Crippen LogP contribution in [-0.2, 0) is 0 Å². The third kappa shape index (κ3) is 2.41. The molecule has 5 heteroatoms. The van der Waals surface area contributed by atoms with Gasteiger partial charge in [0.25, 0.3) is 5.37 Å². The molecule has 1 aliphatic rings. The lowest BCUT2D eigenvalue weighted by atomic mass is 10.3. The third-order valence-electron chi connectivity index (χ3n) is 2.40. The van der Waals surface area contributed by atoms with Gasteiger partial charge < -0.3 is 4.90 Å². The Hall–Kier alpha value is -1.23. The summed E-state index contributed by atoms with van der Waals surface area (Å²) < 4.78 is 0. The fourth-order valence-corrected chi connectivity index (χ4v) is 2.64. The molecule has 1 saturated heterocycles. The molecule has 15 heavy (non-hydrogen) atoms. The molecular weight excluding hydrogens is 212 g/mol. The number of rotatable bonds is 2. The molecule has 4 nitrogen and oxygen atoms in total. The van der Waals surface area contributed by atoms with Crippen LogP contribution in [0.2, 0.25) is 0 Å². The summed E-state index contributed by atoms with van der Waals surface area (Å²) in [6.07, 6.45) is 0. The zero-order chi connectivity index (χ0) is 10.7. The molecule has 0 bridgehead atoms. The smallest absolute Gasteiger partial charge is 0.275 e. The number of hydrogen-bond acceptors (Lipinski definition) is 4. The van der Waals surface area contributed by atoms with Crippen molar-refractivity contribution in [3.63, 3.8) is 0 Å². The van der Waals surface area contributed by atoms with Crippen molar-refractivity contribution < 1.29 is 4.92 Å². The Bertz CT molecular complexity index is 345. The number of hydrogen-bond donors (Lipinski definition) is 0. The van der Waals surface area contributed by atoms with E-state index in [9.17, 15) is 10.1 Å².